The highest BCUT2D eigenvalue weighted by atomic mass is 32.2. The summed E-state index contributed by atoms with van der Waals surface area (Å²) >= 11 is -0.189. The van der Waals surface area contributed by atoms with Crippen LogP contribution in [0, 0.1) is 13.8 Å². The van der Waals surface area contributed by atoms with E-state index < -0.39 is 5.51 Å². The molecule has 4 nitrogen and oxygen atoms in total. The summed E-state index contributed by atoms with van der Waals surface area (Å²) in [6.45, 7) is 3.59. The number of nitrogens with one attached hydrogen (secondary N) is 2. The summed E-state index contributed by atoms with van der Waals surface area (Å²) in [5.74, 6) is 0.851. The van der Waals surface area contributed by atoms with Crippen LogP contribution in [0.4, 0.5) is 23.7 Å². The number of benzene rings is 2. The molecule has 134 valence electrons. The molecule has 0 aliphatic rings. The van der Waals surface area contributed by atoms with Crippen LogP contribution in [0.2, 0.25) is 0 Å². The fourth-order valence-corrected chi connectivity index (χ4v) is 2.82. The number of aryl methyl sites for hydroxylation is 2. The van der Waals surface area contributed by atoms with Gasteiger partial charge in [0, 0.05) is 17.6 Å². The average molecular weight is 370 g/mol. The van der Waals surface area contributed by atoms with Gasteiger partial charge in [0.2, 0.25) is 0 Å². The molecule has 0 unspecified atom stereocenters. The Bertz CT molecular complexity index is 756. The van der Waals surface area contributed by atoms with Gasteiger partial charge >= 0.3 is 11.5 Å². The Labute approximate surface area is 147 Å². The standard InChI is InChI=1S/C17H17F3N2O2S/c1-10-7-12(22-16(23)21-3)8-11(2)15(10)24-13-5-4-6-14(9-13)25-17(18,19)20/h4-9H,1-3H3,(H2,21,22,23). The van der Waals surface area contributed by atoms with Crippen LogP contribution in [0.5, 0.6) is 11.5 Å². The lowest BCUT2D eigenvalue weighted by Gasteiger charge is -2.15. The zero-order valence-electron chi connectivity index (χ0n) is 13.8. The second kappa shape index (κ2) is 7.69. The zero-order valence-corrected chi connectivity index (χ0v) is 14.6. The van der Waals surface area contributed by atoms with E-state index in [1.54, 1.807) is 32.0 Å². The number of urea groups is 1. The molecule has 2 amide bonds. The number of anilines is 1. The fraction of sp³-hybridized carbons (Fsp3) is 0.235. The molecule has 0 saturated carbocycles. The van der Waals surface area contributed by atoms with E-state index in [-0.39, 0.29) is 22.7 Å². The van der Waals surface area contributed by atoms with Crippen molar-refractivity contribution in [1.82, 2.24) is 5.32 Å². The van der Waals surface area contributed by atoms with Crippen molar-refractivity contribution in [2.75, 3.05) is 12.4 Å². The molecular formula is C17H17F3N2O2S. The number of alkyl halides is 3. The monoisotopic (exact) mass is 370 g/mol. The molecule has 0 atom stereocenters. The minimum Gasteiger partial charge on any atom is -0.457 e. The Morgan fingerprint density at radius 3 is 2.32 bits per heavy atom. The summed E-state index contributed by atoms with van der Waals surface area (Å²) in [4.78, 5) is 11.4. The predicted octanol–water partition coefficient (Wildman–Crippen LogP) is 5.46. The van der Waals surface area contributed by atoms with Crippen molar-refractivity contribution in [3.05, 3.63) is 47.5 Å². The average Bonchev–Trinajstić information content (AvgIpc) is 2.49. The topological polar surface area (TPSA) is 50.4 Å². The smallest absolute Gasteiger partial charge is 0.446 e. The van der Waals surface area contributed by atoms with Gasteiger partial charge in [-0.1, -0.05) is 6.07 Å². The molecule has 2 aromatic carbocycles. The first-order valence-corrected chi connectivity index (χ1v) is 8.13. The van der Waals surface area contributed by atoms with E-state index in [0.29, 0.717) is 17.2 Å². The van der Waals surface area contributed by atoms with Crippen LogP contribution in [0.3, 0.4) is 0 Å². The molecule has 0 saturated heterocycles. The molecule has 25 heavy (non-hydrogen) atoms. The largest absolute Gasteiger partial charge is 0.457 e. The molecule has 0 spiro atoms. The van der Waals surface area contributed by atoms with Gasteiger partial charge in [-0.3, -0.25) is 0 Å². The van der Waals surface area contributed by atoms with Crippen LogP contribution in [0.25, 0.3) is 0 Å². The number of hydrogen-bond donors (Lipinski definition) is 2. The Kier molecular flexibility index (Phi) is 5.84. The van der Waals surface area contributed by atoms with Gasteiger partial charge in [-0.25, -0.2) is 4.79 Å². The number of thioether (sulfide) groups is 1. The Morgan fingerprint density at radius 1 is 1.12 bits per heavy atom. The molecule has 0 aromatic heterocycles. The van der Waals surface area contributed by atoms with Gasteiger partial charge in [0.25, 0.3) is 0 Å². The van der Waals surface area contributed by atoms with Crippen molar-refractivity contribution in [3.63, 3.8) is 0 Å². The second-order valence-corrected chi connectivity index (χ2v) is 6.41. The second-order valence-electron chi connectivity index (χ2n) is 5.27. The van der Waals surface area contributed by atoms with Crippen LogP contribution in [0.15, 0.2) is 41.3 Å². The highest BCUT2D eigenvalue weighted by Crippen LogP contribution is 2.39. The lowest BCUT2D eigenvalue weighted by atomic mass is 10.1. The van der Waals surface area contributed by atoms with E-state index in [4.69, 9.17) is 4.74 Å². The van der Waals surface area contributed by atoms with Gasteiger partial charge < -0.3 is 15.4 Å². The first-order valence-electron chi connectivity index (χ1n) is 7.31. The number of ether oxygens (including phenoxy) is 1. The predicted molar refractivity (Wildman–Crippen MR) is 92.4 cm³/mol. The highest BCUT2D eigenvalue weighted by molar-refractivity contribution is 8.00. The third-order valence-electron chi connectivity index (χ3n) is 3.20. The first kappa shape index (κ1) is 19.0. The van der Waals surface area contributed by atoms with Gasteiger partial charge in [-0.05, 0) is 67.1 Å². The third kappa shape index (κ3) is 5.60. The number of rotatable bonds is 4. The van der Waals surface area contributed by atoms with Crippen molar-refractivity contribution in [2.45, 2.75) is 24.3 Å². The molecule has 8 heteroatoms. The minimum atomic E-state index is -4.35. The van der Waals surface area contributed by atoms with Gasteiger partial charge in [0.1, 0.15) is 11.5 Å². The zero-order chi connectivity index (χ0) is 18.6. The van der Waals surface area contributed by atoms with Crippen molar-refractivity contribution >= 4 is 23.5 Å². The van der Waals surface area contributed by atoms with Gasteiger partial charge in [0.05, 0.1) is 0 Å². The minimum absolute atomic E-state index is 0.0539. The number of carbonyl (C=O) groups excluding carboxylic acids is 1. The molecule has 0 aliphatic carbocycles. The molecule has 0 heterocycles. The molecule has 0 aliphatic heterocycles. The van der Waals surface area contributed by atoms with E-state index in [9.17, 15) is 18.0 Å². The number of amides is 2. The van der Waals surface area contributed by atoms with E-state index in [1.807, 2.05) is 0 Å². The fourth-order valence-electron chi connectivity index (χ4n) is 2.23. The molecule has 2 rings (SSSR count). The van der Waals surface area contributed by atoms with Crippen LogP contribution in [0.1, 0.15) is 11.1 Å². The Balaban J connectivity index is 2.23. The van der Waals surface area contributed by atoms with Crippen LogP contribution in [-0.4, -0.2) is 18.6 Å². The first-order chi connectivity index (χ1) is 11.7. The molecule has 2 N–H and O–H groups in total. The van der Waals surface area contributed by atoms with E-state index >= 15 is 0 Å². The lowest BCUT2D eigenvalue weighted by molar-refractivity contribution is -0.0328. The number of halogens is 3. The summed E-state index contributed by atoms with van der Waals surface area (Å²) < 4.78 is 43.2. The maximum Gasteiger partial charge on any atom is 0.446 e. The SMILES string of the molecule is CNC(=O)Nc1cc(C)c(Oc2cccc(SC(F)(F)F)c2)c(C)c1. The molecular weight excluding hydrogens is 353 g/mol. The summed E-state index contributed by atoms with van der Waals surface area (Å²) in [5.41, 5.74) is -2.25. The maximum absolute atomic E-state index is 12.5. The molecule has 0 bridgehead atoms. The van der Waals surface area contributed by atoms with Crippen LogP contribution >= 0.6 is 11.8 Å². The maximum atomic E-state index is 12.5. The lowest BCUT2D eigenvalue weighted by Crippen LogP contribution is -2.24. The highest BCUT2D eigenvalue weighted by Gasteiger charge is 2.29. The van der Waals surface area contributed by atoms with E-state index in [0.717, 1.165) is 11.1 Å². The number of carbonyl (C=O) groups is 1. The molecule has 2 aromatic rings. The van der Waals surface area contributed by atoms with Crippen LogP contribution < -0.4 is 15.4 Å². The van der Waals surface area contributed by atoms with E-state index in [2.05, 4.69) is 10.6 Å². The van der Waals surface area contributed by atoms with Gasteiger partial charge in [-0.2, -0.15) is 13.2 Å². The normalized spacial score (nSPS) is 11.1. The van der Waals surface area contributed by atoms with Crippen molar-refractivity contribution in [3.8, 4) is 11.5 Å². The van der Waals surface area contributed by atoms with Gasteiger partial charge in [-0.15, -0.1) is 0 Å². The molecule has 0 fully saturated rings. The molecule has 0 radical (unpaired) electrons. The Morgan fingerprint density at radius 2 is 1.76 bits per heavy atom. The summed E-state index contributed by atoms with van der Waals surface area (Å²) in [5, 5.41) is 5.12. The van der Waals surface area contributed by atoms with Crippen LogP contribution in [-0.2, 0) is 0 Å². The van der Waals surface area contributed by atoms with Gasteiger partial charge in [0.15, 0.2) is 0 Å². The number of hydrogen-bond acceptors (Lipinski definition) is 3. The van der Waals surface area contributed by atoms with E-state index in [1.165, 1.54) is 25.2 Å². The quantitative estimate of drug-likeness (QED) is 0.703. The van der Waals surface area contributed by atoms with Crippen molar-refractivity contribution < 1.29 is 22.7 Å². The third-order valence-corrected chi connectivity index (χ3v) is 3.93. The summed E-state index contributed by atoms with van der Waals surface area (Å²) in [6.07, 6.45) is 0. The van der Waals surface area contributed by atoms with Crippen molar-refractivity contribution in [2.24, 2.45) is 0 Å². The summed E-state index contributed by atoms with van der Waals surface area (Å²) in [6, 6.07) is 8.93. The summed E-state index contributed by atoms with van der Waals surface area (Å²) in [7, 11) is 1.51. The Hall–Kier alpha value is -2.35. The van der Waals surface area contributed by atoms with Crippen molar-refractivity contribution in [1.29, 1.82) is 0 Å².